The Bertz CT molecular complexity index is 1500. The van der Waals surface area contributed by atoms with Gasteiger partial charge in [-0.25, -0.2) is 13.4 Å². The number of fused-ring (bicyclic) bond motifs is 1. The van der Waals surface area contributed by atoms with Crippen LogP contribution >= 0.6 is 0 Å². The Morgan fingerprint density at radius 2 is 1.71 bits per heavy atom. The van der Waals surface area contributed by atoms with E-state index in [4.69, 9.17) is 9.15 Å². The molecule has 9 heteroatoms. The van der Waals surface area contributed by atoms with Crippen molar-refractivity contribution in [2.75, 3.05) is 33.3 Å². The summed E-state index contributed by atoms with van der Waals surface area (Å²) in [6.45, 7) is 2.68. The molecule has 0 bridgehead atoms. The minimum absolute atomic E-state index is 0.134. The highest BCUT2D eigenvalue weighted by atomic mass is 32.2. The van der Waals surface area contributed by atoms with Crippen molar-refractivity contribution in [1.29, 1.82) is 0 Å². The Morgan fingerprint density at radius 3 is 2.46 bits per heavy atom. The molecule has 2 heterocycles. The molecule has 0 aliphatic carbocycles. The zero-order chi connectivity index (χ0) is 24.6. The number of ether oxygens (including phenoxy) is 1. The van der Waals surface area contributed by atoms with E-state index in [0.717, 1.165) is 21.9 Å². The number of hydrogen-bond acceptors (Lipinski definition) is 6. The largest absolute Gasteiger partial charge is 0.495 e. The maximum Gasteiger partial charge on any atom is 0.276 e. The van der Waals surface area contributed by atoms with Crippen LogP contribution in [0.4, 0.5) is 0 Å². The van der Waals surface area contributed by atoms with Gasteiger partial charge in [0.15, 0.2) is 17.8 Å². The number of methoxy groups -OCH3 is 1. The summed E-state index contributed by atoms with van der Waals surface area (Å²) in [6.07, 6.45) is 1.27. The summed E-state index contributed by atoms with van der Waals surface area (Å²) in [7, 11) is -2.32. The zero-order valence-corrected chi connectivity index (χ0v) is 20.3. The molecule has 5 rings (SSSR count). The van der Waals surface area contributed by atoms with Gasteiger partial charge in [0.25, 0.3) is 5.91 Å². The highest BCUT2D eigenvalue weighted by Gasteiger charge is 2.33. The normalized spacial score (nSPS) is 14.9. The number of aromatic nitrogens is 1. The molecule has 1 amide bonds. The maximum absolute atomic E-state index is 13.3. The number of oxazole rings is 1. The highest BCUT2D eigenvalue weighted by molar-refractivity contribution is 7.89. The van der Waals surface area contributed by atoms with Crippen molar-refractivity contribution in [3.63, 3.8) is 0 Å². The van der Waals surface area contributed by atoms with Crippen molar-refractivity contribution in [2.45, 2.75) is 11.8 Å². The summed E-state index contributed by atoms with van der Waals surface area (Å²) >= 11 is 0. The number of amides is 1. The first-order chi connectivity index (χ1) is 16.9. The van der Waals surface area contributed by atoms with E-state index in [1.165, 1.54) is 17.8 Å². The van der Waals surface area contributed by atoms with Crippen LogP contribution in [0.1, 0.15) is 16.1 Å². The molecule has 1 aromatic heterocycles. The van der Waals surface area contributed by atoms with Gasteiger partial charge in [-0.2, -0.15) is 4.31 Å². The Morgan fingerprint density at radius 1 is 0.971 bits per heavy atom. The van der Waals surface area contributed by atoms with Crippen LogP contribution in [-0.4, -0.2) is 61.8 Å². The van der Waals surface area contributed by atoms with Crippen molar-refractivity contribution in [3.05, 3.63) is 78.3 Å². The lowest BCUT2D eigenvalue weighted by Crippen LogP contribution is -2.50. The lowest BCUT2D eigenvalue weighted by molar-refractivity contribution is 0.0693. The van der Waals surface area contributed by atoms with E-state index < -0.39 is 10.0 Å². The smallest absolute Gasteiger partial charge is 0.276 e. The fourth-order valence-electron chi connectivity index (χ4n) is 4.34. The lowest BCUT2D eigenvalue weighted by Gasteiger charge is -2.34. The van der Waals surface area contributed by atoms with E-state index in [0.29, 0.717) is 11.5 Å². The summed E-state index contributed by atoms with van der Waals surface area (Å²) in [4.78, 5) is 19.2. The van der Waals surface area contributed by atoms with Crippen molar-refractivity contribution in [2.24, 2.45) is 0 Å². The topological polar surface area (TPSA) is 93.0 Å². The van der Waals surface area contributed by atoms with E-state index >= 15 is 0 Å². The molecule has 0 N–H and O–H groups in total. The molecule has 8 nitrogen and oxygen atoms in total. The molecule has 1 saturated heterocycles. The Balaban J connectivity index is 1.34. The number of hydrogen-bond donors (Lipinski definition) is 0. The second-order valence-corrected chi connectivity index (χ2v) is 10.3. The van der Waals surface area contributed by atoms with Crippen LogP contribution in [0.25, 0.3) is 22.1 Å². The van der Waals surface area contributed by atoms with Gasteiger partial charge in [0.1, 0.15) is 10.6 Å². The van der Waals surface area contributed by atoms with E-state index in [1.54, 1.807) is 23.1 Å². The van der Waals surface area contributed by atoms with Gasteiger partial charge in [-0.05, 0) is 41.5 Å². The van der Waals surface area contributed by atoms with E-state index in [-0.39, 0.29) is 42.7 Å². The first kappa shape index (κ1) is 23.1. The third kappa shape index (κ3) is 4.28. The summed E-state index contributed by atoms with van der Waals surface area (Å²) < 4.78 is 38.8. The number of nitrogens with zero attached hydrogens (tertiary/aromatic N) is 3. The molecule has 0 saturated carbocycles. The Kier molecular flexibility index (Phi) is 6.04. The van der Waals surface area contributed by atoms with E-state index in [9.17, 15) is 13.2 Å². The molecule has 1 aliphatic heterocycles. The molecule has 4 aromatic rings. The quantitative estimate of drug-likeness (QED) is 0.420. The molecule has 0 atom stereocenters. The molecular weight excluding hydrogens is 466 g/mol. The minimum atomic E-state index is -3.77. The number of sulfonamides is 1. The van der Waals surface area contributed by atoms with Crippen LogP contribution in [0.2, 0.25) is 0 Å². The number of aryl methyl sites for hydroxylation is 1. The molecule has 180 valence electrons. The van der Waals surface area contributed by atoms with Crippen molar-refractivity contribution >= 4 is 26.7 Å². The van der Waals surface area contributed by atoms with Gasteiger partial charge in [-0.15, -0.1) is 0 Å². The van der Waals surface area contributed by atoms with Crippen LogP contribution in [0.15, 0.2) is 76.4 Å². The Labute approximate surface area is 203 Å². The summed E-state index contributed by atoms with van der Waals surface area (Å²) in [5, 5.41) is 2.12. The van der Waals surface area contributed by atoms with Crippen LogP contribution in [0, 0.1) is 6.92 Å². The van der Waals surface area contributed by atoms with Gasteiger partial charge in [0, 0.05) is 31.7 Å². The average molecular weight is 492 g/mol. The second kappa shape index (κ2) is 9.16. The molecule has 1 aliphatic rings. The predicted octanol–water partition coefficient (Wildman–Crippen LogP) is 3.96. The van der Waals surface area contributed by atoms with Crippen LogP contribution in [0.3, 0.4) is 0 Å². The van der Waals surface area contributed by atoms with Crippen LogP contribution in [-0.2, 0) is 10.0 Å². The average Bonchev–Trinajstić information content (AvgIpc) is 3.38. The first-order valence-corrected chi connectivity index (χ1v) is 12.7. The van der Waals surface area contributed by atoms with Crippen molar-refractivity contribution in [1.82, 2.24) is 14.2 Å². The predicted molar refractivity (Wildman–Crippen MR) is 132 cm³/mol. The molecule has 1 fully saturated rings. The standard InChI is InChI=1S/C26H25N3O5S/c1-18-7-10-22(33-2)23(15-18)35(31,32)29-13-11-28(12-14-29)26(30)24-25(34-17-27-24)21-9-8-19-5-3-4-6-20(19)16-21/h3-10,15-17H,11-14H2,1-2H3. The Hall–Kier alpha value is -3.69. The third-order valence-corrected chi connectivity index (χ3v) is 8.16. The maximum atomic E-state index is 13.3. The monoisotopic (exact) mass is 491 g/mol. The number of benzene rings is 3. The number of carbonyl (C=O) groups is 1. The number of piperazine rings is 1. The van der Waals surface area contributed by atoms with Gasteiger partial charge >= 0.3 is 0 Å². The van der Waals surface area contributed by atoms with E-state index in [1.807, 2.05) is 49.4 Å². The summed E-state index contributed by atoms with van der Waals surface area (Å²) in [5.41, 5.74) is 1.81. The fraction of sp³-hybridized carbons (Fsp3) is 0.231. The van der Waals surface area contributed by atoms with Gasteiger partial charge in [-0.3, -0.25) is 4.79 Å². The molecule has 0 spiro atoms. The van der Waals surface area contributed by atoms with Crippen molar-refractivity contribution < 1.29 is 22.4 Å². The molecule has 35 heavy (non-hydrogen) atoms. The highest BCUT2D eigenvalue weighted by Crippen LogP contribution is 2.30. The van der Waals surface area contributed by atoms with Crippen LogP contribution in [0.5, 0.6) is 5.75 Å². The molecule has 0 unspecified atom stereocenters. The van der Waals surface area contributed by atoms with Gasteiger partial charge in [-0.1, -0.05) is 42.5 Å². The van der Waals surface area contributed by atoms with E-state index in [2.05, 4.69) is 4.98 Å². The molecule has 0 radical (unpaired) electrons. The minimum Gasteiger partial charge on any atom is -0.495 e. The molecule has 3 aromatic carbocycles. The number of rotatable bonds is 5. The summed E-state index contributed by atoms with van der Waals surface area (Å²) in [5.74, 6) is 0.420. The SMILES string of the molecule is COc1ccc(C)cc1S(=O)(=O)N1CCN(C(=O)c2ncoc2-c2ccc3ccccc3c2)CC1. The second-order valence-electron chi connectivity index (χ2n) is 8.44. The van der Waals surface area contributed by atoms with Gasteiger partial charge in [0.05, 0.1) is 7.11 Å². The lowest BCUT2D eigenvalue weighted by atomic mass is 10.0. The number of carbonyl (C=O) groups excluding carboxylic acids is 1. The van der Waals surface area contributed by atoms with Crippen molar-refractivity contribution in [3.8, 4) is 17.1 Å². The fourth-order valence-corrected chi connectivity index (χ4v) is 6.00. The van der Waals surface area contributed by atoms with Gasteiger partial charge < -0.3 is 14.1 Å². The van der Waals surface area contributed by atoms with Crippen LogP contribution < -0.4 is 4.74 Å². The summed E-state index contributed by atoms with van der Waals surface area (Å²) in [6, 6.07) is 18.9. The molecular formula is C26H25N3O5S. The van der Waals surface area contributed by atoms with Gasteiger partial charge in [0.2, 0.25) is 10.0 Å². The first-order valence-electron chi connectivity index (χ1n) is 11.3. The third-order valence-electron chi connectivity index (χ3n) is 6.24. The zero-order valence-electron chi connectivity index (χ0n) is 19.5.